The lowest BCUT2D eigenvalue weighted by atomic mass is 9.95. The Morgan fingerprint density at radius 2 is 1.61 bits per heavy atom. The highest BCUT2D eigenvalue weighted by Crippen LogP contribution is 2.44. The van der Waals surface area contributed by atoms with Gasteiger partial charge in [0.2, 0.25) is 0 Å². The lowest BCUT2D eigenvalue weighted by Crippen LogP contribution is -2.46. The van der Waals surface area contributed by atoms with Crippen LogP contribution in [0.1, 0.15) is 37.3 Å². The molecular weight excluding hydrogens is 394 g/mol. The zero-order valence-electron chi connectivity index (χ0n) is 18.1. The zero-order chi connectivity index (χ0) is 22.5. The molecule has 1 aliphatic carbocycles. The summed E-state index contributed by atoms with van der Waals surface area (Å²) >= 11 is 0. The molecule has 164 valence electrons. The van der Waals surface area contributed by atoms with Crippen molar-refractivity contribution in [2.75, 3.05) is 13.7 Å². The van der Waals surface area contributed by atoms with Crippen molar-refractivity contribution in [1.29, 1.82) is 0 Å². The van der Waals surface area contributed by atoms with Gasteiger partial charge in [0.05, 0.1) is 18.7 Å². The lowest BCUT2D eigenvalue weighted by molar-refractivity contribution is -0.137. The van der Waals surface area contributed by atoms with Crippen LogP contribution in [0.2, 0.25) is 0 Å². The molecule has 0 radical (unpaired) electrons. The minimum atomic E-state index is -1.27. The van der Waals surface area contributed by atoms with E-state index in [1.165, 1.54) is 7.11 Å². The number of benzene rings is 2. The number of ether oxygens (including phenoxy) is 2. The van der Waals surface area contributed by atoms with Gasteiger partial charge < -0.3 is 19.9 Å². The van der Waals surface area contributed by atoms with Gasteiger partial charge in [-0.3, -0.25) is 0 Å². The van der Waals surface area contributed by atoms with E-state index in [4.69, 9.17) is 4.74 Å². The van der Waals surface area contributed by atoms with Gasteiger partial charge in [-0.1, -0.05) is 69.0 Å². The van der Waals surface area contributed by atoms with Gasteiger partial charge in [-0.2, -0.15) is 0 Å². The molecule has 6 nitrogen and oxygen atoms in total. The van der Waals surface area contributed by atoms with Crippen molar-refractivity contribution < 1.29 is 24.2 Å². The SMILES string of the molecule is C=C(C(=O)OC)[C@H](O)[C@@H](CC(C)C)NC(=O)OCC1c2ccccc2-c2ccccc21. The Morgan fingerprint density at radius 3 is 2.13 bits per heavy atom. The fourth-order valence-electron chi connectivity index (χ4n) is 4.06. The second-order valence-corrected chi connectivity index (χ2v) is 8.17. The van der Waals surface area contributed by atoms with Gasteiger partial charge in [-0.15, -0.1) is 0 Å². The number of aliphatic hydroxyl groups is 1. The molecule has 0 bridgehead atoms. The molecule has 0 aliphatic heterocycles. The molecule has 31 heavy (non-hydrogen) atoms. The number of nitrogens with one attached hydrogen (secondary N) is 1. The average molecular weight is 424 g/mol. The third kappa shape index (κ3) is 4.97. The van der Waals surface area contributed by atoms with E-state index < -0.39 is 24.2 Å². The maximum atomic E-state index is 12.6. The first-order chi connectivity index (χ1) is 14.8. The number of fused-ring (bicyclic) bond motifs is 3. The summed E-state index contributed by atoms with van der Waals surface area (Å²) in [5.41, 5.74) is 4.43. The summed E-state index contributed by atoms with van der Waals surface area (Å²) in [5, 5.41) is 13.2. The molecule has 2 N–H and O–H groups in total. The monoisotopic (exact) mass is 423 g/mol. The summed E-state index contributed by atoms with van der Waals surface area (Å²) < 4.78 is 10.2. The summed E-state index contributed by atoms with van der Waals surface area (Å²) in [5.74, 6) is -0.605. The molecule has 0 unspecified atom stereocenters. The van der Waals surface area contributed by atoms with Gasteiger partial charge in [0, 0.05) is 5.92 Å². The predicted molar refractivity (Wildman–Crippen MR) is 119 cm³/mol. The third-order valence-electron chi connectivity index (χ3n) is 5.56. The third-order valence-corrected chi connectivity index (χ3v) is 5.56. The lowest BCUT2D eigenvalue weighted by Gasteiger charge is -2.26. The number of alkyl carbamates (subject to hydrolysis) is 1. The smallest absolute Gasteiger partial charge is 0.407 e. The van der Waals surface area contributed by atoms with Crippen LogP contribution in [-0.2, 0) is 14.3 Å². The van der Waals surface area contributed by atoms with E-state index in [0.717, 1.165) is 22.3 Å². The molecule has 0 fully saturated rings. The average Bonchev–Trinajstić information content (AvgIpc) is 3.09. The number of hydrogen-bond acceptors (Lipinski definition) is 5. The number of methoxy groups -OCH3 is 1. The Balaban J connectivity index is 1.69. The molecule has 0 saturated carbocycles. The first-order valence-corrected chi connectivity index (χ1v) is 10.4. The molecule has 0 aromatic heterocycles. The summed E-state index contributed by atoms with van der Waals surface area (Å²) in [4.78, 5) is 24.3. The number of amides is 1. The maximum absolute atomic E-state index is 12.6. The van der Waals surface area contributed by atoms with Crippen molar-refractivity contribution in [3.63, 3.8) is 0 Å². The molecular formula is C25H29NO5. The second-order valence-electron chi connectivity index (χ2n) is 8.17. The minimum Gasteiger partial charge on any atom is -0.466 e. The molecule has 2 aromatic rings. The molecule has 1 amide bonds. The molecule has 2 atom stereocenters. The van der Waals surface area contributed by atoms with Crippen molar-refractivity contribution in [2.45, 2.75) is 38.3 Å². The highest BCUT2D eigenvalue weighted by molar-refractivity contribution is 5.89. The summed E-state index contributed by atoms with van der Waals surface area (Å²) in [6, 6.07) is 15.5. The Kier molecular flexibility index (Phi) is 7.13. The van der Waals surface area contributed by atoms with Crippen LogP contribution in [0.3, 0.4) is 0 Å². The quantitative estimate of drug-likeness (QED) is 0.495. The van der Waals surface area contributed by atoms with E-state index in [-0.39, 0.29) is 24.0 Å². The van der Waals surface area contributed by atoms with E-state index >= 15 is 0 Å². The molecule has 3 rings (SSSR count). The molecule has 0 spiro atoms. The van der Waals surface area contributed by atoms with Gasteiger partial charge >= 0.3 is 12.1 Å². The number of carbonyl (C=O) groups is 2. The number of hydrogen-bond donors (Lipinski definition) is 2. The van der Waals surface area contributed by atoms with Crippen LogP contribution in [0.5, 0.6) is 0 Å². The Labute approximate surface area is 182 Å². The highest BCUT2D eigenvalue weighted by atomic mass is 16.5. The Bertz CT molecular complexity index is 922. The fourth-order valence-corrected chi connectivity index (χ4v) is 4.06. The van der Waals surface area contributed by atoms with E-state index in [1.807, 2.05) is 50.2 Å². The predicted octanol–water partition coefficient (Wildman–Crippen LogP) is 4.03. The maximum Gasteiger partial charge on any atom is 0.407 e. The standard InChI is InChI=1S/C25H29NO5/c1-15(2)13-22(23(27)16(3)24(28)30-4)26-25(29)31-14-21-19-11-7-5-9-17(19)18-10-6-8-12-20(18)21/h5-12,15,21-23,27H,3,13-14H2,1-2,4H3,(H,26,29)/t22-,23+/m1/s1. The summed E-state index contributed by atoms with van der Waals surface area (Å²) in [6.07, 6.45) is -1.47. The fraction of sp³-hybridized carbons (Fsp3) is 0.360. The van der Waals surface area contributed by atoms with Crippen LogP contribution in [0.4, 0.5) is 4.79 Å². The summed E-state index contributed by atoms with van der Waals surface area (Å²) in [7, 11) is 1.22. The van der Waals surface area contributed by atoms with E-state index in [0.29, 0.717) is 6.42 Å². The second kappa shape index (κ2) is 9.79. The van der Waals surface area contributed by atoms with Crippen LogP contribution >= 0.6 is 0 Å². The zero-order valence-corrected chi connectivity index (χ0v) is 18.1. The first-order valence-electron chi connectivity index (χ1n) is 10.4. The van der Waals surface area contributed by atoms with Crippen LogP contribution in [0, 0.1) is 5.92 Å². The minimum absolute atomic E-state index is 0.0587. The number of rotatable bonds is 8. The van der Waals surface area contributed by atoms with Crippen molar-refractivity contribution in [3.05, 3.63) is 71.8 Å². The van der Waals surface area contributed by atoms with Gasteiger partial charge in [0.25, 0.3) is 0 Å². The number of aliphatic hydroxyl groups excluding tert-OH is 1. The molecule has 0 heterocycles. The highest BCUT2D eigenvalue weighted by Gasteiger charge is 2.31. The van der Waals surface area contributed by atoms with Crippen molar-refractivity contribution >= 4 is 12.1 Å². The van der Waals surface area contributed by atoms with Crippen molar-refractivity contribution in [2.24, 2.45) is 5.92 Å². The molecule has 2 aromatic carbocycles. The molecule has 6 heteroatoms. The van der Waals surface area contributed by atoms with Gasteiger partial charge in [0.1, 0.15) is 12.7 Å². The van der Waals surface area contributed by atoms with Gasteiger partial charge in [-0.25, -0.2) is 9.59 Å². The van der Waals surface area contributed by atoms with Crippen LogP contribution in [0.15, 0.2) is 60.7 Å². The van der Waals surface area contributed by atoms with E-state index in [9.17, 15) is 14.7 Å². The number of esters is 1. The van der Waals surface area contributed by atoms with Gasteiger partial charge in [0.15, 0.2) is 0 Å². The number of carbonyl (C=O) groups excluding carboxylic acids is 2. The summed E-state index contributed by atoms with van der Waals surface area (Å²) in [6.45, 7) is 7.69. The van der Waals surface area contributed by atoms with E-state index in [2.05, 4.69) is 28.8 Å². The van der Waals surface area contributed by atoms with Crippen LogP contribution < -0.4 is 5.32 Å². The Hall–Kier alpha value is -3.12. The van der Waals surface area contributed by atoms with Crippen LogP contribution in [-0.4, -0.2) is 43.0 Å². The largest absolute Gasteiger partial charge is 0.466 e. The Morgan fingerprint density at radius 1 is 1.06 bits per heavy atom. The van der Waals surface area contributed by atoms with Gasteiger partial charge in [-0.05, 0) is 34.6 Å². The molecule has 0 saturated heterocycles. The molecule has 1 aliphatic rings. The topological polar surface area (TPSA) is 84.9 Å². The first kappa shape index (κ1) is 22.6. The van der Waals surface area contributed by atoms with Crippen molar-refractivity contribution in [1.82, 2.24) is 5.32 Å². The van der Waals surface area contributed by atoms with Crippen LogP contribution in [0.25, 0.3) is 11.1 Å². The normalized spacial score (nSPS) is 14.4. The van der Waals surface area contributed by atoms with E-state index in [1.54, 1.807) is 0 Å². The van der Waals surface area contributed by atoms with Crippen molar-refractivity contribution in [3.8, 4) is 11.1 Å².